The zero-order valence-corrected chi connectivity index (χ0v) is 9.39. The molecular weight excluding hydrogens is 268 g/mol. The molecule has 0 fully saturated rings. The summed E-state index contributed by atoms with van der Waals surface area (Å²) in [6.45, 7) is 3.44. The van der Waals surface area contributed by atoms with Gasteiger partial charge in [0.25, 0.3) is 0 Å². The summed E-state index contributed by atoms with van der Waals surface area (Å²) < 4.78 is 26.4. The fraction of sp³-hybridized carbons (Fsp3) is 0.200. The van der Waals surface area contributed by atoms with Gasteiger partial charge >= 0.3 is 0 Å². The second-order valence-corrected chi connectivity index (χ2v) is 3.90. The molecule has 0 bridgehead atoms. The number of phenolic OH excluding ortho intramolecular Hbond substituents is 1. The first-order valence-corrected chi connectivity index (χ1v) is 5.01. The van der Waals surface area contributed by atoms with Crippen LogP contribution >= 0.6 is 15.9 Å². The quantitative estimate of drug-likeness (QED) is 0.659. The lowest BCUT2D eigenvalue weighted by Crippen LogP contribution is -2.12. The number of benzene rings is 1. The number of phenols is 1. The first-order chi connectivity index (χ1) is 6.99. The monoisotopic (exact) mass is 277 g/mol. The lowest BCUT2D eigenvalue weighted by Gasteiger charge is -2.14. The SMILES string of the molecule is C=CC[C@@H](N)c1c(O)c(Br)cc(F)c1F. The van der Waals surface area contributed by atoms with Gasteiger partial charge in [0.2, 0.25) is 0 Å². The maximum Gasteiger partial charge on any atom is 0.167 e. The Morgan fingerprint density at radius 2 is 2.20 bits per heavy atom. The predicted octanol–water partition coefficient (Wildman–Crippen LogP) is 3.01. The summed E-state index contributed by atoms with van der Waals surface area (Å²) in [5, 5.41) is 9.53. The van der Waals surface area contributed by atoms with Crippen molar-refractivity contribution in [3.05, 3.63) is 40.4 Å². The fourth-order valence-corrected chi connectivity index (χ4v) is 1.65. The van der Waals surface area contributed by atoms with Crippen molar-refractivity contribution in [3.8, 4) is 5.75 Å². The van der Waals surface area contributed by atoms with E-state index < -0.39 is 17.7 Å². The Morgan fingerprint density at radius 3 is 2.73 bits per heavy atom. The van der Waals surface area contributed by atoms with E-state index in [4.69, 9.17) is 5.73 Å². The number of hydrogen-bond donors (Lipinski definition) is 2. The summed E-state index contributed by atoms with van der Waals surface area (Å²) in [7, 11) is 0. The van der Waals surface area contributed by atoms with Crippen molar-refractivity contribution >= 4 is 15.9 Å². The topological polar surface area (TPSA) is 46.2 Å². The van der Waals surface area contributed by atoms with Crippen molar-refractivity contribution in [1.82, 2.24) is 0 Å². The molecule has 1 aromatic rings. The van der Waals surface area contributed by atoms with Gasteiger partial charge in [-0.3, -0.25) is 0 Å². The second-order valence-electron chi connectivity index (χ2n) is 3.05. The molecule has 0 saturated carbocycles. The van der Waals surface area contributed by atoms with Gasteiger partial charge in [0.15, 0.2) is 11.6 Å². The van der Waals surface area contributed by atoms with Crippen LogP contribution in [0.4, 0.5) is 8.78 Å². The van der Waals surface area contributed by atoms with Gasteiger partial charge in [-0.1, -0.05) is 6.08 Å². The molecule has 0 aliphatic carbocycles. The Hall–Kier alpha value is -0.940. The second kappa shape index (κ2) is 4.72. The molecule has 0 radical (unpaired) electrons. The highest BCUT2D eigenvalue weighted by Gasteiger charge is 2.21. The predicted molar refractivity (Wildman–Crippen MR) is 57.5 cm³/mol. The van der Waals surface area contributed by atoms with Crippen molar-refractivity contribution in [2.45, 2.75) is 12.5 Å². The third kappa shape index (κ3) is 2.35. The van der Waals surface area contributed by atoms with Crippen LogP contribution in [-0.2, 0) is 0 Å². The first-order valence-electron chi connectivity index (χ1n) is 4.21. The Kier molecular flexibility index (Phi) is 3.82. The van der Waals surface area contributed by atoms with E-state index in [1.54, 1.807) is 0 Å². The number of rotatable bonds is 3. The highest BCUT2D eigenvalue weighted by molar-refractivity contribution is 9.10. The molecule has 0 amide bonds. The van der Waals surface area contributed by atoms with E-state index in [1.807, 2.05) is 0 Å². The molecule has 0 unspecified atom stereocenters. The molecule has 0 heterocycles. The summed E-state index contributed by atoms with van der Waals surface area (Å²) in [5.41, 5.74) is 5.35. The van der Waals surface area contributed by atoms with Crippen LogP contribution in [0.1, 0.15) is 18.0 Å². The molecule has 82 valence electrons. The van der Waals surface area contributed by atoms with E-state index in [1.165, 1.54) is 6.08 Å². The largest absolute Gasteiger partial charge is 0.506 e. The number of hydrogen-bond acceptors (Lipinski definition) is 2. The molecule has 1 rings (SSSR count). The first kappa shape index (κ1) is 12.1. The van der Waals surface area contributed by atoms with E-state index in [-0.39, 0.29) is 22.2 Å². The molecule has 0 aliphatic rings. The van der Waals surface area contributed by atoms with Gasteiger partial charge in [0, 0.05) is 6.04 Å². The van der Waals surface area contributed by atoms with Crippen LogP contribution in [0.25, 0.3) is 0 Å². The Morgan fingerprint density at radius 1 is 1.60 bits per heavy atom. The van der Waals surface area contributed by atoms with Gasteiger partial charge < -0.3 is 10.8 Å². The minimum absolute atomic E-state index is 0.0795. The van der Waals surface area contributed by atoms with Crippen LogP contribution in [0.2, 0.25) is 0 Å². The summed E-state index contributed by atoms with van der Waals surface area (Å²) in [6, 6.07) is 0.0453. The number of aromatic hydroxyl groups is 1. The summed E-state index contributed by atoms with van der Waals surface area (Å²) in [6.07, 6.45) is 1.72. The normalized spacial score (nSPS) is 12.5. The van der Waals surface area contributed by atoms with Crippen molar-refractivity contribution in [1.29, 1.82) is 0 Å². The molecule has 0 saturated heterocycles. The van der Waals surface area contributed by atoms with Crippen molar-refractivity contribution < 1.29 is 13.9 Å². The summed E-state index contributed by atoms with van der Waals surface area (Å²) >= 11 is 2.91. The van der Waals surface area contributed by atoms with Gasteiger partial charge in [0.1, 0.15) is 5.75 Å². The minimum atomic E-state index is -1.12. The standard InChI is InChI=1S/C10H10BrF2NO/c1-2-3-7(14)8-9(13)6(12)4-5(11)10(8)15/h2,4,7,15H,1,3,14H2/t7-/m1/s1. The van der Waals surface area contributed by atoms with Gasteiger partial charge in [-0.05, 0) is 28.4 Å². The van der Waals surface area contributed by atoms with Crippen molar-refractivity contribution in [2.24, 2.45) is 5.73 Å². The molecule has 5 heteroatoms. The lowest BCUT2D eigenvalue weighted by atomic mass is 10.0. The molecule has 0 aliphatic heterocycles. The average molecular weight is 278 g/mol. The molecular formula is C10H10BrF2NO. The van der Waals surface area contributed by atoms with Crippen LogP contribution in [0.5, 0.6) is 5.75 Å². The van der Waals surface area contributed by atoms with E-state index in [9.17, 15) is 13.9 Å². The lowest BCUT2D eigenvalue weighted by molar-refractivity contribution is 0.428. The van der Waals surface area contributed by atoms with Crippen molar-refractivity contribution in [2.75, 3.05) is 0 Å². The van der Waals surface area contributed by atoms with E-state index in [2.05, 4.69) is 22.5 Å². The van der Waals surface area contributed by atoms with Crippen LogP contribution in [0, 0.1) is 11.6 Å². The molecule has 0 aromatic heterocycles. The molecule has 15 heavy (non-hydrogen) atoms. The fourth-order valence-electron chi connectivity index (χ4n) is 1.24. The Bertz CT molecular complexity index is 369. The van der Waals surface area contributed by atoms with Crippen LogP contribution < -0.4 is 5.73 Å². The maximum atomic E-state index is 13.3. The zero-order valence-electron chi connectivity index (χ0n) is 7.80. The molecule has 0 spiro atoms. The number of nitrogens with two attached hydrogens (primary N) is 1. The van der Waals surface area contributed by atoms with E-state index >= 15 is 0 Å². The van der Waals surface area contributed by atoms with Gasteiger partial charge in [0.05, 0.1) is 10.0 Å². The molecule has 3 N–H and O–H groups in total. The molecule has 1 atom stereocenters. The Balaban J connectivity index is 3.31. The van der Waals surface area contributed by atoms with Crippen LogP contribution in [0.3, 0.4) is 0 Å². The van der Waals surface area contributed by atoms with Crippen LogP contribution in [-0.4, -0.2) is 5.11 Å². The minimum Gasteiger partial charge on any atom is -0.506 e. The highest BCUT2D eigenvalue weighted by Crippen LogP contribution is 2.35. The van der Waals surface area contributed by atoms with Gasteiger partial charge in [-0.15, -0.1) is 6.58 Å². The van der Waals surface area contributed by atoms with Crippen LogP contribution in [0.15, 0.2) is 23.2 Å². The Labute approximate surface area is 94.5 Å². The maximum absolute atomic E-state index is 13.3. The summed E-state index contributed by atoms with van der Waals surface area (Å²) in [5.74, 6) is -2.54. The van der Waals surface area contributed by atoms with E-state index in [0.29, 0.717) is 0 Å². The molecule has 2 nitrogen and oxygen atoms in total. The van der Waals surface area contributed by atoms with Crippen molar-refractivity contribution in [3.63, 3.8) is 0 Å². The average Bonchev–Trinajstić information content (AvgIpc) is 2.16. The van der Waals surface area contributed by atoms with E-state index in [0.717, 1.165) is 6.07 Å². The number of halogens is 3. The summed E-state index contributed by atoms with van der Waals surface area (Å²) in [4.78, 5) is 0. The zero-order chi connectivity index (χ0) is 11.6. The molecule has 1 aromatic carbocycles. The third-order valence-corrected chi connectivity index (χ3v) is 2.58. The highest BCUT2D eigenvalue weighted by atomic mass is 79.9. The van der Waals surface area contributed by atoms with Gasteiger partial charge in [-0.25, -0.2) is 8.78 Å². The third-order valence-electron chi connectivity index (χ3n) is 1.97. The van der Waals surface area contributed by atoms with Gasteiger partial charge in [-0.2, -0.15) is 0 Å². The smallest absolute Gasteiger partial charge is 0.167 e.